The Balaban J connectivity index is 1.53. The van der Waals surface area contributed by atoms with Crippen molar-refractivity contribution in [3.05, 3.63) is 47.2 Å². The number of nitrogens with zero attached hydrogens (tertiary/aromatic N) is 4. The number of aliphatic carboxylic acids is 1. The summed E-state index contributed by atoms with van der Waals surface area (Å²) in [5, 5.41) is 15.2. The van der Waals surface area contributed by atoms with Crippen molar-refractivity contribution in [1.82, 2.24) is 19.6 Å². The lowest BCUT2D eigenvalue weighted by Gasteiger charge is -2.49. The van der Waals surface area contributed by atoms with Crippen LogP contribution in [0.15, 0.2) is 40.7 Å². The first-order chi connectivity index (χ1) is 17.2. The zero-order valence-electron chi connectivity index (χ0n) is 18.3. The molecule has 1 aromatic heterocycles. The van der Waals surface area contributed by atoms with Crippen molar-refractivity contribution in [2.75, 3.05) is 18.1 Å². The van der Waals surface area contributed by atoms with Crippen LogP contribution in [0.5, 0.6) is 5.75 Å². The third-order valence-electron chi connectivity index (χ3n) is 4.91. The molecule has 0 unspecified atom stereocenters. The van der Waals surface area contributed by atoms with E-state index >= 15 is 0 Å². The largest absolute Gasteiger partial charge is 0.477 e. The number of hydrogen-bond donors (Lipinski definition) is 3. The fourth-order valence-electron chi connectivity index (χ4n) is 3.30. The van der Waals surface area contributed by atoms with Gasteiger partial charge in [0.25, 0.3) is 11.8 Å². The molecular weight excluding hydrogens is 519 g/mol. The SMILES string of the molecule is CC(=O)OCC1=C(C(=O)O)N2C(=O)[C@@H](NC(=O)C(=NOc3ccc(F)cc3)c3nsc(N)n3)[C@H]2SC1. The van der Waals surface area contributed by atoms with E-state index in [4.69, 9.17) is 15.3 Å². The summed E-state index contributed by atoms with van der Waals surface area (Å²) in [4.78, 5) is 59.0. The summed E-state index contributed by atoms with van der Waals surface area (Å²) in [5.41, 5.74) is 5.17. The van der Waals surface area contributed by atoms with Gasteiger partial charge < -0.3 is 25.7 Å². The Labute approximate surface area is 210 Å². The first-order valence-electron chi connectivity index (χ1n) is 10.1. The van der Waals surface area contributed by atoms with Gasteiger partial charge in [0.2, 0.25) is 11.5 Å². The molecule has 13 nitrogen and oxygen atoms in total. The molecule has 0 bridgehead atoms. The third-order valence-corrected chi connectivity index (χ3v) is 6.79. The zero-order chi connectivity index (χ0) is 26.0. The number of fused-ring (bicyclic) bond motifs is 1. The maximum atomic E-state index is 13.1. The van der Waals surface area contributed by atoms with E-state index in [1.165, 1.54) is 30.8 Å². The molecule has 2 amide bonds. The Morgan fingerprint density at radius 1 is 1.33 bits per heavy atom. The van der Waals surface area contributed by atoms with Gasteiger partial charge in [0, 0.05) is 29.8 Å². The molecule has 3 heterocycles. The number of nitrogens with two attached hydrogens (primary N) is 1. The Kier molecular flexibility index (Phi) is 7.16. The van der Waals surface area contributed by atoms with Gasteiger partial charge in [-0.05, 0) is 24.3 Å². The molecule has 4 N–H and O–H groups in total. The number of nitrogen functional groups attached to an aromatic ring is 1. The summed E-state index contributed by atoms with van der Waals surface area (Å²) in [7, 11) is 0. The van der Waals surface area contributed by atoms with Crippen LogP contribution in [0.2, 0.25) is 0 Å². The fraction of sp³-hybridized carbons (Fsp3) is 0.250. The van der Waals surface area contributed by atoms with Gasteiger partial charge in [-0.1, -0.05) is 5.16 Å². The van der Waals surface area contributed by atoms with Crippen molar-refractivity contribution in [3.63, 3.8) is 0 Å². The number of carboxylic acids is 1. The number of aromatic nitrogens is 2. The molecular formula is C20H17FN6O7S2. The van der Waals surface area contributed by atoms with E-state index in [-0.39, 0.29) is 40.3 Å². The molecule has 0 radical (unpaired) electrons. The van der Waals surface area contributed by atoms with Gasteiger partial charge in [0.15, 0.2) is 10.9 Å². The van der Waals surface area contributed by atoms with Crippen LogP contribution in [0.4, 0.5) is 9.52 Å². The van der Waals surface area contributed by atoms with Crippen molar-refractivity contribution in [1.29, 1.82) is 0 Å². The number of carbonyl (C=O) groups excluding carboxylic acids is 3. The minimum atomic E-state index is -1.36. The van der Waals surface area contributed by atoms with Gasteiger partial charge in [-0.2, -0.15) is 9.36 Å². The van der Waals surface area contributed by atoms with Crippen LogP contribution in [0.1, 0.15) is 12.7 Å². The average Bonchev–Trinajstić information content (AvgIpc) is 3.27. The first kappa shape index (κ1) is 25.1. The number of benzene rings is 1. The highest BCUT2D eigenvalue weighted by molar-refractivity contribution is 8.00. The fourth-order valence-corrected chi connectivity index (χ4v) is 5.06. The second-order valence-corrected chi connectivity index (χ2v) is 9.23. The number of rotatable bonds is 8. The molecule has 36 heavy (non-hydrogen) atoms. The van der Waals surface area contributed by atoms with Crippen molar-refractivity contribution in [3.8, 4) is 5.75 Å². The third kappa shape index (κ3) is 5.13. The van der Waals surface area contributed by atoms with Crippen LogP contribution >= 0.6 is 23.3 Å². The molecule has 0 aliphatic carbocycles. The van der Waals surface area contributed by atoms with Crippen LogP contribution in [-0.4, -0.2) is 72.6 Å². The van der Waals surface area contributed by atoms with Gasteiger partial charge in [0.1, 0.15) is 29.5 Å². The summed E-state index contributed by atoms with van der Waals surface area (Å²) in [6.07, 6.45) is 0. The van der Waals surface area contributed by atoms with E-state index in [0.29, 0.717) is 0 Å². The highest BCUT2D eigenvalue weighted by atomic mass is 32.2. The molecule has 0 spiro atoms. The number of ether oxygens (including phenoxy) is 1. The molecule has 2 aromatic rings. The highest BCUT2D eigenvalue weighted by Crippen LogP contribution is 2.40. The maximum absolute atomic E-state index is 13.1. The predicted octanol–water partition coefficient (Wildman–Crippen LogP) is 0.344. The van der Waals surface area contributed by atoms with Gasteiger partial charge in [-0.15, -0.1) is 11.8 Å². The lowest BCUT2D eigenvalue weighted by Crippen LogP contribution is -2.71. The monoisotopic (exact) mass is 536 g/mol. The van der Waals surface area contributed by atoms with Crippen molar-refractivity contribution in [2.24, 2.45) is 5.16 Å². The molecule has 2 atom stereocenters. The van der Waals surface area contributed by atoms with E-state index in [1.807, 2.05) is 0 Å². The number of thioether (sulfide) groups is 1. The van der Waals surface area contributed by atoms with Crippen LogP contribution in [-0.2, 0) is 23.9 Å². The number of carbonyl (C=O) groups is 4. The zero-order valence-corrected chi connectivity index (χ0v) is 20.0. The normalized spacial score (nSPS) is 19.3. The van der Waals surface area contributed by atoms with E-state index in [2.05, 4.69) is 19.8 Å². The first-order valence-corrected chi connectivity index (χ1v) is 11.9. The van der Waals surface area contributed by atoms with Crippen LogP contribution < -0.4 is 15.9 Å². The molecule has 188 valence electrons. The lowest BCUT2D eigenvalue weighted by atomic mass is 10.0. The quantitative estimate of drug-likeness (QED) is 0.183. The summed E-state index contributed by atoms with van der Waals surface area (Å²) >= 11 is 2.00. The number of nitrogens with one attached hydrogen (secondary N) is 1. The number of anilines is 1. The maximum Gasteiger partial charge on any atom is 0.352 e. The van der Waals surface area contributed by atoms with Crippen molar-refractivity contribution < 1.29 is 38.2 Å². The van der Waals surface area contributed by atoms with Gasteiger partial charge >= 0.3 is 11.9 Å². The second-order valence-electron chi connectivity index (χ2n) is 7.34. The van der Waals surface area contributed by atoms with Crippen LogP contribution in [0, 0.1) is 5.82 Å². The summed E-state index contributed by atoms with van der Waals surface area (Å²) in [6, 6.07) is 3.76. The number of β-lactam (4-membered cyclic amide) rings is 1. The van der Waals surface area contributed by atoms with E-state index in [1.54, 1.807) is 0 Å². The Hall–Kier alpha value is -4.05. The smallest absolute Gasteiger partial charge is 0.352 e. The molecule has 2 aliphatic rings. The van der Waals surface area contributed by atoms with E-state index < -0.39 is 46.7 Å². The molecule has 0 saturated carbocycles. The molecule has 4 rings (SSSR count). The average molecular weight is 537 g/mol. The number of esters is 1. The van der Waals surface area contributed by atoms with Gasteiger partial charge in [-0.3, -0.25) is 19.3 Å². The number of oxime groups is 1. The number of carboxylic acid groups (broad SMARTS) is 1. The standard InChI is InChI=1S/C20H17FN6O7S2/c1-8(28)33-6-9-7-35-18-13(17(30)27(18)14(9)19(31)32)23-16(29)12(15-24-20(22)36-26-15)25-34-11-4-2-10(21)3-5-11/h2-5,13,18H,6-7H2,1H3,(H,23,29)(H,31,32)(H2,22,24,26)/t13-,18-/m1/s1. The van der Waals surface area contributed by atoms with E-state index in [9.17, 15) is 28.7 Å². The minimum absolute atomic E-state index is 0.0533. The summed E-state index contributed by atoms with van der Waals surface area (Å²) in [6.45, 7) is 0.913. The van der Waals surface area contributed by atoms with Gasteiger partial charge in [0.05, 0.1) is 0 Å². The van der Waals surface area contributed by atoms with Gasteiger partial charge in [-0.25, -0.2) is 9.18 Å². The molecule has 16 heteroatoms. The molecule has 1 aromatic carbocycles. The van der Waals surface area contributed by atoms with Crippen LogP contribution in [0.25, 0.3) is 0 Å². The summed E-state index contributed by atoms with van der Waals surface area (Å²) < 4.78 is 22.0. The molecule has 1 saturated heterocycles. The van der Waals surface area contributed by atoms with Crippen molar-refractivity contribution >= 4 is 57.9 Å². The van der Waals surface area contributed by atoms with Crippen LogP contribution in [0.3, 0.4) is 0 Å². The second kappa shape index (κ2) is 10.3. The lowest BCUT2D eigenvalue weighted by molar-refractivity contribution is -0.150. The molecule has 2 aliphatic heterocycles. The number of amides is 2. The Bertz CT molecular complexity index is 1300. The molecule has 1 fully saturated rings. The number of hydrogen-bond acceptors (Lipinski definition) is 12. The van der Waals surface area contributed by atoms with Crippen molar-refractivity contribution in [2.45, 2.75) is 18.3 Å². The minimum Gasteiger partial charge on any atom is -0.477 e. The predicted molar refractivity (Wildman–Crippen MR) is 124 cm³/mol. The van der Waals surface area contributed by atoms with E-state index in [0.717, 1.165) is 28.6 Å². The Morgan fingerprint density at radius 2 is 2.06 bits per heavy atom. The topological polar surface area (TPSA) is 186 Å². The summed E-state index contributed by atoms with van der Waals surface area (Å²) in [5.74, 6) is -3.89. The Morgan fingerprint density at radius 3 is 2.67 bits per heavy atom. The number of halogens is 1. The highest BCUT2D eigenvalue weighted by Gasteiger charge is 2.54.